The molecular weight excluding hydrogens is 143 g/mol. The van der Waals surface area contributed by atoms with E-state index in [0.717, 1.165) is 6.42 Å². The van der Waals surface area contributed by atoms with Crippen molar-refractivity contribution in [3.63, 3.8) is 0 Å². The molecule has 2 aliphatic carbocycles. The number of hydrogen-bond donors (Lipinski definition) is 1. The highest BCUT2D eigenvalue weighted by atomic mass is 19.1. The van der Waals surface area contributed by atoms with Crippen LogP contribution >= 0.6 is 0 Å². The van der Waals surface area contributed by atoms with Crippen molar-refractivity contribution < 1.29 is 9.50 Å². The van der Waals surface area contributed by atoms with Crippen molar-refractivity contribution in [2.45, 2.75) is 25.6 Å². The average molecular weight is 156 g/mol. The lowest BCUT2D eigenvalue weighted by molar-refractivity contribution is 0.0165. The maximum atomic E-state index is 12.2. The molecule has 0 aromatic rings. The van der Waals surface area contributed by atoms with Crippen LogP contribution in [0.2, 0.25) is 0 Å². The van der Waals surface area contributed by atoms with Gasteiger partial charge in [-0.1, -0.05) is 12.2 Å². The molecular formula is C9H13FO. The van der Waals surface area contributed by atoms with Crippen LogP contribution in [0.1, 0.15) is 19.3 Å². The summed E-state index contributed by atoms with van der Waals surface area (Å²) in [7, 11) is 0. The first-order valence-corrected chi connectivity index (χ1v) is 4.26. The van der Waals surface area contributed by atoms with E-state index >= 15 is 0 Å². The second kappa shape index (κ2) is 2.59. The highest BCUT2D eigenvalue weighted by molar-refractivity contribution is 5.09. The van der Waals surface area contributed by atoms with E-state index in [4.69, 9.17) is 5.11 Å². The molecule has 2 aliphatic rings. The zero-order chi connectivity index (χ0) is 7.84. The molecule has 4 unspecified atom stereocenters. The molecule has 2 heteroatoms. The largest absolute Gasteiger partial charge is 0.364 e. The van der Waals surface area contributed by atoms with Gasteiger partial charge in [0.2, 0.25) is 0 Å². The lowest BCUT2D eigenvalue weighted by atomic mass is 9.91. The fourth-order valence-electron chi connectivity index (χ4n) is 2.42. The maximum absolute atomic E-state index is 12.2. The van der Waals surface area contributed by atoms with E-state index in [0.29, 0.717) is 24.2 Å². The SMILES string of the molecule is OC(F)CC1CC2C=CC1C2. The average Bonchev–Trinajstić information content (AvgIpc) is 2.45. The molecule has 1 saturated carbocycles. The van der Waals surface area contributed by atoms with E-state index in [9.17, 15) is 4.39 Å². The Morgan fingerprint density at radius 3 is 2.73 bits per heavy atom. The third-order valence-corrected chi connectivity index (χ3v) is 2.91. The monoisotopic (exact) mass is 156 g/mol. The number of alkyl halides is 1. The summed E-state index contributed by atoms with van der Waals surface area (Å²) in [5, 5.41) is 8.55. The standard InChI is InChI=1S/C9H13FO/c10-9(11)5-8-4-6-1-2-7(8)3-6/h1-2,6-9,11H,3-5H2. The minimum Gasteiger partial charge on any atom is -0.364 e. The fourth-order valence-corrected chi connectivity index (χ4v) is 2.42. The van der Waals surface area contributed by atoms with Crippen molar-refractivity contribution in [1.82, 2.24) is 0 Å². The lowest BCUT2D eigenvalue weighted by Gasteiger charge is -2.17. The smallest absolute Gasteiger partial charge is 0.196 e. The Balaban J connectivity index is 1.93. The van der Waals surface area contributed by atoms with Crippen molar-refractivity contribution in [1.29, 1.82) is 0 Å². The summed E-state index contributed by atoms with van der Waals surface area (Å²) in [5.74, 6) is 1.65. The first-order chi connectivity index (χ1) is 5.25. The molecule has 0 heterocycles. The van der Waals surface area contributed by atoms with E-state index in [2.05, 4.69) is 12.2 Å². The molecule has 62 valence electrons. The van der Waals surface area contributed by atoms with Crippen LogP contribution < -0.4 is 0 Å². The summed E-state index contributed by atoms with van der Waals surface area (Å²) >= 11 is 0. The van der Waals surface area contributed by atoms with Crippen LogP contribution in [0, 0.1) is 17.8 Å². The summed E-state index contributed by atoms with van der Waals surface area (Å²) < 4.78 is 12.2. The number of fused-ring (bicyclic) bond motifs is 2. The molecule has 1 fully saturated rings. The minimum absolute atomic E-state index is 0.339. The Hall–Kier alpha value is -0.370. The predicted molar refractivity (Wildman–Crippen MR) is 40.6 cm³/mol. The van der Waals surface area contributed by atoms with Gasteiger partial charge in [-0.3, -0.25) is 0 Å². The fraction of sp³-hybridized carbons (Fsp3) is 0.778. The van der Waals surface area contributed by atoms with Gasteiger partial charge >= 0.3 is 0 Å². The second-order valence-corrected chi connectivity index (χ2v) is 3.71. The summed E-state index contributed by atoms with van der Waals surface area (Å²) in [6.07, 6.45) is 5.42. The normalized spacial score (nSPS) is 43.3. The molecule has 0 saturated heterocycles. The molecule has 1 nitrogen and oxygen atoms in total. The lowest BCUT2D eigenvalue weighted by Crippen LogP contribution is -2.13. The van der Waals surface area contributed by atoms with Gasteiger partial charge in [0.1, 0.15) is 0 Å². The Morgan fingerprint density at radius 1 is 1.45 bits per heavy atom. The number of aliphatic hydroxyl groups excluding tert-OH is 1. The molecule has 2 bridgehead atoms. The van der Waals surface area contributed by atoms with Gasteiger partial charge in [-0.25, -0.2) is 4.39 Å². The molecule has 0 radical (unpaired) electrons. The molecule has 0 spiro atoms. The van der Waals surface area contributed by atoms with Crippen LogP contribution in [-0.2, 0) is 0 Å². The number of halogens is 1. The second-order valence-electron chi connectivity index (χ2n) is 3.71. The number of aliphatic hydroxyl groups is 1. The summed E-state index contributed by atoms with van der Waals surface area (Å²) in [4.78, 5) is 0. The third-order valence-electron chi connectivity index (χ3n) is 2.91. The molecule has 2 rings (SSSR count). The molecule has 0 aromatic carbocycles. The molecule has 0 aliphatic heterocycles. The van der Waals surface area contributed by atoms with Crippen molar-refractivity contribution in [3.8, 4) is 0 Å². The Labute approximate surface area is 65.9 Å². The van der Waals surface area contributed by atoms with Gasteiger partial charge in [0.15, 0.2) is 6.36 Å². The van der Waals surface area contributed by atoms with Crippen molar-refractivity contribution in [2.24, 2.45) is 17.8 Å². The van der Waals surface area contributed by atoms with E-state index in [1.807, 2.05) is 0 Å². The number of allylic oxidation sites excluding steroid dienone is 2. The summed E-state index contributed by atoms with van der Waals surface area (Å²) in [6.45, 7) is 0. The summed E-state index contributed by atoms with van der Waals surface area (Å²) in [5.41, 5.74) is 0. The van der Waals surface area contributed by atoms with E-state index in [1.165, 1.54) is 6.42 Å². The van der Waals surface area contributed by atoms with Crippen molar-refractivity contribution >= 4 is 0 Å². The van der Waals surface area contributed by atoms with Crippen LogP contribution in [0.5, 0.6) is 0 Å². The summed E-state index contributed by atoms with van der Waals surface area (Å²) in [6, 6.07) is 0. The van der Waals surface area contributed by atoms with Crippen LogP contribution in [-0.4, -0.2) is 11.5 Å². The van der Waals surface area contributed by atoms with Crippen molar-refractivity contribution in [2.75, 3.05) is 0 Å². The van der Waals surface area contributed by atoms with Crippen molar-refractivity contribution in [3.05, 3.63) is 12.2 Å². The Bertz CT molecular complexity index is 176. The van der Waals surface area contributed by atoms with E-state index in [-0.39, 0.29) is 0 Å². The van der Waals surface area contributed by atoms with E-state index in [1.54, 1.807) is 0 Å². The van der Waals surface area contributed by atoms with Gasteiger partial charge in [0, 0.05) is 6.42 Å². The van der Waals surface area contributed by atoms with Crippen LogP contribution in [0.25, 0.3) is 0 Å². The number of rotatable bonds is 2. The van der Waals surface area contributed by atoms with Crippen LogP contribution in [0.3, 0.4) is 0 Å². The Morgan fingerprint density at radius 2 is 2.27 bits per heavy atom. The topological polar surface area (TPSA) is 20.2 Å². The molecule has 4 atom stereocenters. The zero-order valence-electron chi connectivity index (χ0n) is 6.41. The van der Waals surface area contributed by atoms with Gasteiger partial charge < -0.3 is 5.11 Å². The first kappa shape index (κ1) is 7.29. The maximum Gasteiger partial charge on any atom is 0.196 e. The quantitative estimate of drug-likeness (QED) is 0.605. The molecule has 0 aromatic heterocycles. The zero-order valence-corrected chi connectivity index (χ0v) is 6.41. The highest BCUT2D eigenvalue weighted by Crippen LogP contribution is 2.45. The van der Waals surface area contributed by atoms with E-state index < -0.39 is 6.36 Å². The number of hydrogen-bond acceptors (Lipinski definition) is 1. The molecule has 1 N–H and O–H groups in total. The molecule has 0 amide bonds. The predicted octanol–water partition coefficient (Wildman–Crippen LogP) is 1.88. The minimum atomic E-state index is -1.60. The van der Waals surface area contributed by atoms with Gasteiger partial charge in [0.05, 0.1) is 0 Å². The van der Waals surface area contributed by atoms with Gasteiger partial charge in [-0.05, 0) is 30.6 Å². The van der Waals surface area contributed by atoms with Gasteiger partial charge in [0.25, 0.3) is 0 Å². The third kappa shape index (κ3) is 1.32. The Kier molecular flexibility index (Phi) is 1.72. The first-order valence-electron chi connectivity index (χ1n) is 4.26. The van der Waals surface area contributed by atoms with Gasteiger partial charge in [-0.2, -0.15) is 0 Å². The van der Waals surface area contributed by atoms with Gasteiger partial charge in [-0.15, -0.1) is 0 Å². The van der Waals surface area contributed by atoms with Crippen LogP contribution in [0.15, 0.2) is 12.2 Å². The van der Waals surface area contributed by atoms with Crippen LogP contribution in [0.4, 0.5) is 4.39 Å². The molecule has 11 heavy (non-hydrogen) atoms. The highest BCUT2D eigenvalue weighted by Gasteiger charge is 2.36.